The van der Waals surface area contributed by atoms with Crippen molar-refractivity contribution in [3.63, 3.8) is 0 Å². The van der Waals surface area contributed by atoms with E-state index in [2.05, 4.69) is 0 Å². The molecule has 0 bridgehead atoms. The number of carbonyl (C=O) groups excluding carboxylic acids is 4. The van der Waals surface area contributed by atoms with Gasteiger partial charge in [-0.1, -0.05) is 0 Å². The van der Waals surface area contributed by atoms with Crippen molar-refractivity contribution < 1.29 is 19.2 Å². The van der Waals surface area contributed by atoms with Crippen molar-refractivity contribution >= 4 is 44.7 Å². The largest absolute Gasteiger partial charge is 0.290 e. The predicted molar refractivity (Wildman–Crippen MR) is 69.7 cm³/mol. The van der Waals surface area contributed by atoms with E-state index < -0.39 is 0 Å². The topological polar surface area (TPSA) is 68.3 Å². The SMILES string of the molecule is O=C1C=CC(=O)C(SSC2=CC(=O)C=CC2=O)=C1. The Kier molecular flexibility index (Phi) is 3.78. The maximum absolute atomic E-state index is 11.4. The van der Waals surface area contributed by atoms with E-state index in [1.165, 1.54) is 36.5 Å². The number of hydrogen-bond donors (Lipinski definition) is 0. The molecular formula is C12H6O4S2. The van der Waals surface area contributed by atoms with Gasteiger partial charge < -0.3 is 0 Å². The summed E-state index contributed by atoms with van der Waals surface area (Å²) < 4.78 is 0. The molecule has 6 heteroatoms. The van der Waals surface area contributed by atoms with Gasteiger partial charge in [0, 0.05) is 12.2 Å². The average Bonchev–Trinajstić information content (AvgIpc) is 2.34. The van der Waals surface area contributed by atoms with Gasteiger partial charge in [0.15, 0.2) is 23.1 Å². The monoisotopic (exact) mass is 278 g/mol. The molecule has 0 spiro atoms. The lowest BCUT2D eigenvalue weighted by molar-refractivity contribution is -0.114. The zero-order valence-electron chi connectivity index (χ0n) is 8.91. The van der Waals surface area contributed by atoms with Crippen molar-refractivity contribution in [1.82, 2.24) is 0 Å². The highest BCUT2D eigenvalue weighted by Gasteiger charge is 2.18. The lowest BCUT2D eigenvalue weighted by Crippen LogP contribution is -2.06. The van der Waals surface area contributed by atoms with Crippen molar-refractivity contribution in [3.05, 3.63) is 46.3 Å². The molecule has 18 heavy (non-hydrogen) atoms. The van der Waals surface area contributed by atoms with Gasteiger partial charge in [-0.25, -0.2) is 0 Å². The first-order valence-electron chi connectivity index (χ1n) is 4.87. The molecule has 0 amide bonds. The normalized spacial score (nSPS) is 19.1. The van der Waals surface area contributed by atoms with E-state index in [4.69, 9.17) is 0 Å². The summed E-state index contributed by atoms with van der Waals surface area (Å²) in [4.78, 5) is 45.6. The molecule has 0 unspecified atom stereocenters. The van der Waals surface area contributed by atoms with E-state index in [0.717, 1.165) is 21.6 Å². The number of hydrogen-bond acceptors (Lipinski definition) is 6. The third kappa shape index (κ3) is 2.96. The average molecular weight is 278 g/mol. The maximum atomic E-state index is 11.4. The molecule has 0 aliphatic heterocycles. The second-order valence-electron chi connectivity index (χ2n) is 3.38. The molecule has 4 nitrogen and oxygen atoms in total. The van der Waals surface area contributed by atoms with Crippen LogP contribution in [-0.2, 0) is 19.2 Å². The first kappa shape index (κ1) is 12.8. The van der Waals surface area contributed by atoms with Gasteiger partial charge in [-0.2, -0.15) is 0 Å². The number of rotatable bonds is 3. The Bertz CT molecular complexity index is 527. The van der Waals surface area contributed by atoms with Gasteiger partial charge in [0.1, 0.15) is 0 Å². The fraction of sp³-hybridized carbons (Fsp3) is 0. The maximum Gasteiger partial charge on any atom is 0.193 e. The van der Waals surface area contributed by atoms with E-state index in [1.54, 1.807) is 0 Å². The Morgan fingerprint density at radius 3 is 1.39 bits per heavy atom. The van der Waals surface area contributed by atoms with Crippen molar-refractivity contribution in [1.29, 1.82) is 0 Å². The van der Waals surface area contributed by atoms with Crippen molar-refractivity contribution in [2.45, 2.75) is 0 Å². The highest BCUT2D eigenvalue weighted by Crippen LogP contribution is 2.38. The van der Waals surface area contributed by atoms with Crippen LogP contribution < -0.4 is 0 Å². The highest BCUT2D eigenvalue weighted by atomic mass is 33.1. The summed E-state index contributed by atoms with van der Waals surface area (Å²) in [5.41, 5.74) is 0. The first-order chi connectivity index (χ1) is 8.56. The fourth-order valence-electron chi connectivity index (χ4n) is 1.20. The molecule has 0 aromatic heterocycles. The molecule has 2 rings (SSSR count). The zero-order chi connectivity index (χ0) is 13.1. The van der Waals surface area contributed by atoms with Crippen LogP contribution in [0, 0.1) is 0 Å². The van der Waals surface area contributed by atoms with E-state index in [1.807, 2.05) is 0 Å². The molecule has 0 saturated carbocycles. The predicted octanol–water partition coefficient (Wildman–Crippen LogP) is 1.55. The van der Waals surface area contributed by atoms with Crippen LogP contribution in [0.2, 0.25) is 0 Å². The molecule has 0 aromatic rings. The van der Waals surface area contributed by atoms with E-state index in [0.29, 0.717) is 0 Å². The second-order valence-corrected chi connectivity index (χ2v) is 5.60. The minimum Gasteiger partial charge on any atom is -0.290 e. The molecule has 0 aromatic carbocycles. The molecular weight excluding hydrogens is 272 g/mol. The molecule has 0 radical (unpaired) electrons. The molecule has 2 aliphatic rings. The Balaban J connectivity index is 2.04. The zero-order valence-corrected chi connectivity index (χ0v) is 10.5. The molecule has 0 atom stereocenters. The molecule has 90 valence electrons. The van der Waals surface area contributed by atoms with Crippen LogP contribution in [0.3, 0.4) is 0 Å². The molecule has 0 fully saturated rings. The minimum absolute atomic E-state index is 0.253. The summed E-state index contributed by atoms with van der Waals surface area (Å²) in [6, 6.07) is 0. The standard InChI is InChI=1S/C12H6O4S2/c13-7-1-3-9(15)11(5-7)17-18-12-6-8(14)2-4-10(12)16/h1-6H. The van der Waals surface area contributed by atoms with Crippen molar-refractivity contribution in [2.75, 3.05) is 0 Å². The highest BCUT2D eigenvalue weighted by molar-refractivity contribution is 8.80. The number of carbonyl (C=O) groups is 4. The Morgan fingerprint density at radius 1 is 0.611 bits per heavy atom. The van der Waals surface area contributed by atoms with Gasteiger partial charge >= 0.3 is 0 Å². The molecule has 0 heterocycles. The Morgan fingerprint density at radius 2 is 1.00 bits per heavy atom. The van der Waals surface area contributed by atoms with E-state index in [9.17, 15) is 19.2 Å². The molecule has 2 aliphatic carbocycles. The Hall–Kier alpha value is -1.66. The van der Waals surface area contributed by atoms with Gasteiger partial charge in [-0.15, -0.1) is 0 Å². The summed E-state index contributed by atoms with van der Waals surface area (Å²) in [7, 11) is 2.00. The summed E-state index contributed by atoms with van der Waals surface area (Å²) in [6.45, 7) is 0. The summed E-state index contributed by atoms with van der Waals surface area (Å²) in [6.07, 6.45) is 7.18. The third-order valence-corrected chi connectivity index (χ3v) is 4.46. The van der Waals surface area contributed by atoms with E-state index >= 15 is 0 Å². The van der Waals surface area contributed by atoms with Crippen LogP contribution >= 0.6 is 21.6 Å². The van der Waals surface area contributed by atoms with Crippen molar-refractivity contribution in [2.24, 2.45) is 0 Å². The summed E-state index contributed by atoms with van der Waals surface area (Å²) >= 11 is 0. The van der Waals surface area contributed by atoms with Gasteiger partial charge in [0.2, 0.25) is 0 Å². The Labute approximate surface area is 110 Å². The van der Waals surface area contributed by atoms with Gasteiger partial charge in [0.05, 0.1) is 9.81 Å². The number of ketones is 4. The van der Waals surface area contributed by atoms with Crippen LogP contribution in [0.4, 0.5) is 0 Å². The third-order valence-electron chi connectivity index (χ3n) is 2.05. The minimum atomic E-state index is -0.280. The van der Waals surface area contributed by atoms with Crippen LogP contribution in [-0.4, -0.2) is 23.1 Å². The second kappa shape index (κ2) is 5.32. The van der Waals surface area contributed by atoms with E-state index in [-0.39, 0.29) is 32.9 Å². The lowest BCUT2D eigenvalue weighted by atomic mass is 10.2. The summed E-state index contributed by atoms with van der Waals surface area (Å²) in [5.74, 6) is -1.09. The fourth-order valence-corrected chi connectivity index (χ4v) is 3.33. The van der Waals surface area contributed by atoms with Gasteiger partial charge in [-0.05, 0) is 45.9 Å². The quantitative estimate of drug-likeness (QED) is 0.576. The molecule has 0 saturated heterocycles. The van der Waals surface area contributed by atoms with Crippen LogP contribution in [0.15, 0.2) is 46.3 Å². The summed E-state index contributed by atoms with van der Waals surface area (Å²) in [5, 5.41) is 0. The van der Waals surface area contributed by atoms with Crippen LogP contribution in [0.1, 0.15) is 0 Å². The van der Waals surface area contributed by atoms with Crippen molar-refractivity contribution in [3.8, 4) is 0 Å². The van der Waals surface area contributed by atoms with Gasteiger partial charge in [0.25, 0.3) is 0 Å². The molecule has 0 N–H and O–H groups in total. The van der Waals surface area contributed by atoms with Crippen LogP contribution in [0.5, 0.6) is 0 Å². The van der Waals surface area contributed by atoms with Crippen LogP contribution in [0.25, 0.3) is 0 Å². The lowest BCUT2D eigenvalue weighted by Gasteiger charge is -2.08. The van der Waals surface area contributed by atoms with Gasteiger partial charge in [-0.3, -0.25) is 19.2 Å². The smallest absolute Gasteiger partial charge is 0.193 e. The number of allylic oxidation sites excluding steroid dienone is 8. The first-order valence-corrected chi connectivity index (χ1v) is 7.02.